The van der Waals surface area contributed by atoms with Crippen molar-refractivity contribution in [2.24, 2.45) is 11.3 Å². The molecule has 1 aliphatic heterocycles. The summed E-state index contributed by atoms with van der Waals surface area (Å²) in [4.78, 5) is 37.8. The van der Waals surface area contributed by atoms with Crippen molar-refractivity contribution in [1.29, 1.82) is 0 Å². The van der Waals surface area contributed by atoms with Gasteiger partial charge in [0.05, 0.1) is 17.9 Å². The molecule has 0 spiro atoms. The Balaban J connectivity index is 2.19. The monoisotopic (exact) mass is 392 g/mol. The Hall–Kier alpha value is -2.15. The summed E-state index contributed by atoms with van der Waals surface area (Å²) in [5.41, 5.74) is 0.202. The lowest BCUT2D eigenvalue weighted by molar-refractivity contribution is -0.128. The van der Waals surface area contributed by atoms with E-state index in [2.05, 4.69) is 38.3 Å². The maximum Gasteiger partial charge on any atom is 0.255 e. The highest BCUT2D eigenvalue weighted by Gasteiger charge is 2.39. The predicted molar refractivity (Wildman–Crippen MR) is 105 cm³/mol. The molecule has 1 aromatic heterocycles. The van der Waals surface area contributed by atoms with E-state index < -0.39 is 12.1 Å². The molecule has 0 saturated carbocycles. The van der Waals surface area contributed by atoms with Crippen LogP contribution in [0.2, 0.25) is 0 Å². The van der Waals surface area contributed by atoms with Gasteiger partial charge in [0.1, 0.15) is 24.5 Å². The summed E-state index contributed by atoms with van der Waals surface area (Å²) in [5.74, 6) is -0.0861. The Labute approximate surface area is 166 Å². The van der Waals surface area contributed by atoms with Gasteiger partial charge in [-0.3, -0.25) is 14.4 Å². The summed E-state index contributed by atoms with van der Waals surface area (Å²) in [6, 6.07) is 0.133. The van der Waals surface area contributed by atoms with Gasteiger partial charge in [0.2, 0.25) is 5.91 Å². The number of carbonyl (C=O) groups is 3. The molecule has 2 rings (SSSR count). The first-order valence-corrected chi connectivity index (χ1v) is 9.86. The number of nitrogens with one attached hydrogen (secondary N) is 2. The lowest BCUT2D eigenvalue weighted by atomic mass is 9.76. The third-order valence-corrected chi connectivity index (χ3v) is 5.88. The molecular formula is C21H32N2O5. The average Bonchev–Trinajstić information content (AvgIpc) is 3.20. The molecule has 156 valence electrons. The van der Waals surface area contributed by atoms with Crippen LogP contribution in [0.3, 0.4) is 0 Å². The van der Waals surface area contributed by atoms with E-state index in [-0.39, 0.29) is 35.7 Å². The number of Topliss-reactive ketones (excluding diaryl/α,β-unsaturated/α-hetero) is 1. The van der Waals surface area contributed by atoms with Crippen molar-refractivity contribution in [3.05, 3.63) is 23.7 Å². The molecule has 2 N–H and O–H groups in total. The van der Waals surface area contributed by atoms with Crippen LogP contribution in [0.25, 0.3) is 0 Å². The molecular weight excluding hydrogens is 360 g/mol. The first-order chi connectivity index (χ1) is 13.1. The van der Waals surface area contributed by atoms with Gasteiger partial charge in [-0.2, -0.15) is 0 Å². The van der Waals surface area contributed by atoms with Crippen molar-refractivity contribution in [3.63, 3.8) is 0 Å². The molecule has 0 radical (unpaired) electrons. The zero-order valence-electron chi connectivity index (χ0n) is 17.6. The highest BCUT2D eigenvalue weighted by atomic mass is 16.5. The third kappa shape index (κ3) is 5.01. The molecule has 0 aliphatic carbocycles. The van der Waals surface area contributed by atoms with Gasteiger partial charge in [0.25, 0.3) is 5.91 Å². The number of furan rings is 1. The summed E-state index contributed by atoms with van der Waals surface area (Å²) >= 11 is 0. The smallest absolute Gasteiger partial charge is 0.255 e. The molecule has 1 saturated heterocycles. The minimum Gasteiger partial charge on any atom is -0.469 e. The van der Waals surface area contributed by atoms with Crippen molar-refractivity contribution in [3.8, 4) is 0 Å². The fourth-order valence-electron chi connectivity index (χ4n) is 3.19. The van der Waals surface area contributed by atoms with Crippen LogP contribution in [0.4, 0.5) is 0 Å². The van der Waals surface area contributed by atoms with Gasteiger partial charge in [-0.25, -0.2) is 0 Å². The standard InChI is InChI=1S/C21H32N2O5/c1-7-17-18(16(24)11-28-17)23-20(26)15(10-21(5,6)12(2)3)22-19(25)14-8-9-27-13(14)4/h8-9,12,15,17-18H,7,10-11H2,1-6H3,(H,22,25)(H,23,26). The molecule has 3 atom stereocenters. The number of hydrogen-bond donors (Lipinski definition) is 2. The van der Waals surface area contributed by atoms with E-state index in [1.807, 2.05) is 6.92 Å². The van der Waals surface area contributed by atoms with Crippen LogP contribution in [-0.4, -0.2) is 42.4 Å². The summed E-state index contributed by atoms with van der Waals surface area (Å²) < 4.78 is 10.6. The molecule has 1 aliphatic rings. The number of aryl methyl sites for hydroxylation is 1. The minimum absolute atomic E-state index is 0.00613. The molecule has 1 aromatic rings. The zero-order valence-corrected chi connectivity index (χ0v) is 17.6. The maximum atomic E-state index is 13.0. The molecule has 28 heavy (non-hydrogen) atoms. The Kier molecular flexibility index (Phi) is 7.04. The van der Waals surface area contributed by atoms with Crippen LogP contribution < -0.4 is 10.6 Å². The van der Waals surface area contributed by atoms with Gasteiger partial charge < -0.3 is 19.8 Å². The molecule has 0 bridgehead atoms. The minimum atomic E-state index is -0.773. The molecule has 2 heterocycles. The normalized spacial score (nSPS) is 21.0. The number of carbonyl (C=O) groups excluding carboxylic acids is 3. The fraction of sp³-hybridized carbons (Fsp3) is 0.667. The van der Waals surface area contributed by atoms with Crippen molar-refractivity contribution in [2.45, 2.75) is 72.6 Å². The third-order valence-electron chi connectivity index (χ3n) is 5.88. The summed E-state index contributed by atoms with van der Waals surface area (Å²) in [5, 5.41) is 5.63. The summed E-state index contributed by atoms with van der Waals surface area (Å²) in [7, 11) is 0. The Morgan fingerprint density at radius 3 is 2.54 bits per heavy atom. The number of amides is 2. The SMILES string of the molecule is CCC1OCC(=O)C1NC(=O)C(CC(C)(C)C(C)C)NC(=O)c1ccoc1C. The van der Waals surface area contributed by atoms with E-state index in [9.17, 15) is 14.4 Å². The van der Waals surface area contributed by atoms with E-state index in [1.165, 1.54) is 6.26 Å². The van der Waals surface area contributed by atoms with Crippen LogP contribution >= 0.6 is 0 Å². The second-order valence-corrected chi connectivity index (χ2v) is 8.47. The first kappa shape index (κ1) is 22.1. The Morgan fingerprint density at radius 1 is 1.32 bits per heavy atom. The van der Waals surface area contributed by atoms with E-state index in [1.54, 1.807) is 13.0 Å². The highest BCUT2D eigenvalue weighted by molar-refractivity contribution is 5.99. The zero-order chi connectivity index (χ0) is 21.1. The second kappa shape index (κ2) is 8.90. The van der Waals surface area contributed by atoms with Crippen molar-refractivity contribution in [2.75, 3.05) is 6.61 Å². The van der Waals surface area contributed by atoms with Gasteiger partial charge >= 0.3 is 0 Å². The largest absolute Gasteiger partial charge is 0.469 e. The molecule has 0 aromatic carbocycles. The molecule has 7 nitrogen and oxygen atoms in total. The molecule has 3 unspecified atom stereocenters. The van der Waals surface area contributed by atoms with E-state index >= 15 is 0 Å². The van der Waals surface area contributed by atoms with Crippen molar-refractivity contribution >= 4 is 17.6 Å². The Bertz CT molecular complexity index is 722. The molecule has 2 amide bonds. The van der Waals surface area contributed by atoms with Gasteiger partial charge in [-0.15, -0.1) is 0 Å². The van der Waals surface area contributed by atoms with Crippen molar-refractivity contribution < 1.29 is 23.5 Å². The lowest BCUT2D eigenvalue weighted by Gasteiger charge is -2.33. The van der Waals surface area contributed by atoms with Gasteiger partial charge in [-0.05, 0) is 37.2 Å². The van der Waals surface area contributed by atoms with Crippen LogP contribution in [0.15, 0.2) is 16.7 Å². The van der Waals surface area contributed by atoms with E-state index in [4.69, 9.17) is 9.15 Å². The van der Waals surface area contributed by atoms with E-state index in [0.29, 0.717) is 30.1 Å². The predicted octanol–water partition coefficient (Wildman–Crippen LogP) is 2.62. The van der Waals surface area contributed by atoms with Crippen LogP contribution in [0.1, 0.15) is 63.6 Å². The van der Waals surface area contributed by atoms with Gasteiger partial charge in [-0.1, -0.05) is 34.6 Å². The highest BCUT2D eigenvalue weighted by Crippen LogP contribution is 2.31. The maximum absolute atomic E-state index is 13.0. The topological polar surface area (TPSA) is 97.6 Å². The molecule has 1 fully saturated rings. The van der Waals surface area contributed by atoms with Gasteiger partial charge in [0.15, 0.2) is 5.78 Å². The lowest BCUT2D eigenvalue weighted by Crippen LogP contribution is -2.54. The van der Waals surface area contributed by atoms with Crippen LogP contribution in [0.5, 0.6) is 0 Å². The van der Waals surface area contributed by atoms with Crippen LogP contribution in [-0.2, 0) is 14.3 Å². The van der Waals surface area contributed by atoms with Crippen molar-refractivity contribution in [1.82, 2.24) is 10.6 Å². The summed E-state index contributed by atoms with van der Waals surface area (Å²) in [6.45, 7) is 11.9. The summed E-state index contributed by atoms with van der Waals surface area (Å²) in [6.07, 6.45) is 2.18. The van der Waals surface area contributed by atoms with Crippen LogP contribution in [0, 0.1) is 18.3 Å². The Morgan fingerprint density at radius 2 is 2.00 bits per heavy atom. The fourth-order valence-corrected chi connectivity index (χ4v) is 3.19. The number of ketones is 1. The number of hydrogen-bond acceptors (Lipinski definition) is 5. The van der Waals surface area contributed by atoms with Gasteiger partial charge in [0, 0.05) is 0 Å². The number of ether oxygens (including phenoxy) is 1. The average molecular weight is 392 g/mol. The second-order valence-electron chi connectivity index (χ2n) is 8.47. The molecule has 7 heteroatoms. The quantitative estimate of drug-likeness (QED) is 0.709. The van der Waals surface area contributed by atoms with E-state index in [0.717, 1.165) is 0 Å². The first-order valence-electron chi connectivity index (χ1n) is 9.86. The number of rotatable bonds is 8.